The maximum absolute atomic E-state index is 11.2. The van der Waals surface area contributed by atoms with Crippen molar-refractivity contribution in [1.29, 1.82) is 0 Å². The third-order valence-electron chi connectivity index (χ3n) is 3.62. The molecule has 4 N–H and O–H groups in total. The first-order valence-corrected chi connectivity index (χ1v) is 8.59. The Morgan fingerprint density at radius 3 is 2.40 bits per heavy atom. The molecule has 0 aromatic carbocycles. The topological polar surface area (TPSA) is 160 Å². The van der Waals surface area contributed by atoms with E-state index in [1.807, 2.05) is 0 Å². The first-order valence-electron chi connectivity index (χ1n) is 7.08. The van der Waals surface area contributed by atoms with Gasteiger partial charge in [0.25, 0.3) is 10.1 Å². The molecule has 3 rings (SSSR count). The molecule has 1 aliphatic heterocycles. The lowest BCUT2D eigenvalue weighted by Gasteiger charge is -2.38. The summed E-state index contributed by atoms with van der Waals surface area (Å²) in [6, 6.07) is 4.76. The standard InChI is InChI=1S/C14H15NO9S/c16-10-11(17)13(24-14(12(10)18)25(19,20)21)23-8-1-2-9(15-5-8)7-3-4-22-6-7/h1-6,10-14,16-18H,(H,19,20,21)/t10-,11-,12+,13-,14?/m1/s1. The normalized spacial score (nSPS) is 30.2. The number of aliphatic hydroxyl groups is 3. The second-order valence-corrected chi connectivity index (χ2v) is 6.86. The number of hydrogen-bond acceptors (Lipinski definition) is 9. The molecule has 0 saturated carbocycles. The Hall–Kier alpha value is -2.02. The van der Waals surface area contributed by atoms with Crippen LogP contribution in [0.25, 0.3) is 11.3 Å². The number of hydrogen-bond donors (Lipinski definition) is 4. The summed E-state index contributed by atoms with van der Waals surface area (Å²) in [5.41, 5.74) is -0.850. The number of ether oxygens (including phenoxy) is 2. The highest BCUT2D eigenvalue weighted by Crippen LogP contribution is 2.27. The summed E-state index contributed by atoms with van der Waals surface area (Å²) in [5.74, 6) is 0.106. The zero-order valence-electron chi connectivity index (χ0n) is 12.5. The van der Waals surface area contributed by atoms with Gasteiger partial charge in [-0.15, -0.1) is 0 Å². The molecule has 11 heteroatoms. The van der Waals surface area contributed by atoms with Crippen LogP contribution in [0.2, 0.25) is 0 Å². The van der Waals surface area contributed by atoms with Gasteiger partial charge in [0.1, 0.15) is 24.1 Å². The number of pyridine rings is 1. The molecule has 0 amide bonds. The van der Waals surface area contributed by atoms with Gasteiger partial charge in [-0.25, -0.2) is 0 Å². The number of furan rings is 1. The molecule has 0 bridgehead atoms. The van der Waals surface area contributed by atoms with Gasteiger partial charge in [0.15, 0.2) is 0 Å². The smallest absolute Gasteiger partial charge is 0.295 e. The molecule has 1 saturated heterocycles. The zero-order valence-corrected chi connectivity index (χ0v) is 13.4. The van der Waals surface area contributed by atoms with E-state index in [-0.39, 0.29) is 5.75 Å². The van der Waals surface area contributed by atoms with Crippen LogP contribution in [0.5, 0.6) is 5.75 Å². The second-order valence-electron chi connectivity index (χ2n) is 5.37. The van der Waals surface area contributed by atoms with Gasteiger partial charge in [0, 0.05) is 5.56 Å². The van der Waals surface area contributed by atoms with Crippen molar-refractivity contribution in [3.05, 3.63) is 36.9 Å². The highest BCUT2D eigenvalue weighted by Gasteiger charge is 2.50. The van der Waals surface area contributed by atoms with Crippen LogP contribution in [-0.2, 0) is 14.9 Å². The Balaban J connectivity index is 1.77. The zero-order chi connectivity index (χ0) is 18.2. The number of aromatic nitrogens is 1. The molecule has 10 nitrogen and oxygen atoms in total. The fourth-order valence-corrected chi connectivity index (χ4v) is 3.09. The average Bonchev–Trinajstić information content (AvgIpc) is 3.09. The van der Waals surface area contributed by atoms with Gasteiger partial charge < -0.3 is 29.2 Å². The quantitative estimate of drug-likeness (QED) is 0.508. The summed E-state index contributed by atoms with van der Waals surface area (Å²) in [6.07, 6.45) is -3.07. The molecule has 25 heavy (non-hydrogen) atoms. The molecule has 0 spiro atoms. The minimum Gasteiger partial charge on any atom is -0.472 e. The van der Waals surface area contributed by atoms with Crippen LogP contribution >= 0.6 is 0 Å². The molecular formula is C14H15NO9S. The fourth-order valence-electron chi connectivity index (χ4n) is 2.33. The lowest BCUT2D eigenvalue weighted by molar-refractivity contribution is -0.254. The van der Waals surface area contributed by atoms with Crippen molar-refractivity contribution in [1.82, 2.24) is 4.98 Å². The van der Waals surface area contributed by atoms with Crippen LogP contribution in [-0.4, -0.2) is 63.3 Å². The molecule has 136 valence electrons. The van der Waals surface area contributed by atoms with Crippen molar-refractivity contribution in [3.8, 4) is 17.0 Å². The first-order chi connectivity index (χ1) is 11.8. The van der Waals surface area contributed by atoms with E-state index in [0.717, 1.165) is 5.56 Å². The minimum atomic E-state index is -4.84. The number of nitrogens with zero attached hydrogens (tertiary/aromatic N) is 1. The van der Waals surface area contributed by atoms with Gasteiger partial charge in [-0.3, -0.25) is 9.54 Å². The molecule has 1 fully saturated rings. The summed E-state index contributed by atoms with van der Waals surface area (Å²) in [7, 11) is -4.84. The van der Waals surface area contributed by atoms with Crippen molar-refractivity contribution in [2.24, 2.45) is 0 Å². The average molecular weight is 373 g/mol. The Kier molecular flexibility index (Phi) is 4.77. The van der Waals surface area contributed by atoms with Gasteiger partial charge in [-0.2, -0.15) is 8.42 Å². The summed E-state index contributed by atoms with van der Waals surface area (Å²) in [4.78, 5) is 4.11. The van der Waals surface area contributed by atoms with E-state index in [1.165, 1.54) is 24.8 Å². The first kappa shape index (κ1) is 17.8. The molecule has 3 heterocycles. The summed E-state index contributed by atoms with van der Waals surface area (Å²) in [5, 5.41) is 29.2. The molecule has 1 aliphatic rings. The van der Waals surface area contributed by atoms with E-state index in [4.69, 9.17) is 18.4 Å². The van der Waals surface area contributed by atoms with Gasteiger partial charge in [0.2, 0.25) is 11.7 Å². The maximum Gasteiger partial charge on any atom is 0.295 e. The minimum absolute atomic E-state index is 0.106. The van der Waals surface area contributed by atoms with Crippen molar-refractivity contribution in [2.75, 3.05) is 0 Å². The monoisotopic (exact) mass is 373 g/mol. The molecule has 0 aliphatic carbocycles. The van der Waals surface area contributed by atoms with Crippen molar-refractivity contribution in [3.63, 3.8) is 0 Å². The predicted molar refractivity (Wildman–Crippen MR) is 80.8 cm³/mol. The lowest BCUT2D eigenvalue weighted by Crippen LogP contribution is -2.61. The molecule has 5 atom stereocenters. The molecule has 1 unspecified atom stereocenters. The van der Waals surface area contributed by atoms with Gasteiger partial charge >= 0.3 is 0 Å². The van der Waals surface area contributed by atoms with Crippen molar-refractivity contribution in [2.45, 2.75) is 30.0 Å². The molecule has 2 aromatic rings. The van der Waals surface area contributed by atoms with E-state index >= 15 is 0 Å². The fraction of sp³-hybridized carbons (Fsp3) is 0.357. The Labute approximate surface area is 142 Å². The SMILES string of the molecule is O=S(=O)(O)C1O[C@@H](Oc2ccc(-c3ccoc3)nc2)[C@H](O)[C@@H](O)[C@@H]1O. The summed E-state index contributed by atoms with van der Waals surface area (Å²) >= 11 is 0. The molecule has 0 radical (unpaired) electrons. The van der Waals surface area contributed by atoms with E-state index in [1.54, 1.807) is 12.1 Å². The van der Waals surface area contributed by atoms with Crippen molar-refractivity contribution >= 4 is 10.1 Å². The Bertz CT molecular complexity index is 805. The van der Waals surface area contributed by atoms with E-state index in [9.17, 15) is 23.7 Å². The van der Waals surface area contributed by atoms with Crippen LogP contribution < -0.4 is 4.74 Å². The predicted octanol–water partition coefficient (Wildman–Crippen LogP) is -0.627. The molecular weight excluding hydrogens is 358 g/mol. The largest absolute Gasteiger partial charge is 0.472 e. The van der Waals surface area contributed by atoms with E-state index < -0.39 is 40.2 Å². The highest BCUT2D eigenvalue weighted by atomic mass is 32.2. The van der Waals surface area contributed by atoms with Crippen LogP contribution in [0.15, 0.2) is 41.3 Å². The van der Waals surface area contributed by atoms with Crippen LogP contribution in [0.3, 0.4) is 0 Å². The van der Waals surface area contributed by atoms with Crippen molar-refractivity contribution < 1.29 is 42.2 Å². The van der Waals surface area contributed by atoms with Crippen LogP contribution in [0, 0.1) is 0 Å². The maximum atomic E-state index is 11.2. The van der Waals surface area contributed by atoms with E-state index in [0.29, 0.717) is 5.69 Å². The number of aliphatic hydroxyl groups excluding tert-OH is 3. The summed E-state index contributed by atoms with van der Waals surface area (Å²) in [6.45, 7) is 0. The number of rotatable bonds is 4. The third-order valence-corrected chi connectivity index (χ3v) is 4.60. The van der Waals surface area contributed by atoms with Crippen LogP contribution in [0.4, 0.5) is 0 Å². The van der Waals surface area contributed by atoms with Gasteiger partial charge in [-0.1, -0.05) is 0 Å². The van der Waals surface area contributed by atoms with Crippen LogP contribution in [0.1, 0.15) is 0 Å². The van der Waals surface area contributed by atoms with Gasteiger partial charge in [0.05, 0.1) is 24.4 Å². The second kappa shape index (κ2) is 6.71. The van der Waals surface area contributed by atoms with Gasteiger partial charge in [-0.05, 0) is 18.2 Å². The third kappa shape index (κ3) is 3.66. The lowest BCUT2D eigenvalue weighted by atomic mass is 10.1. The Morgan fingerprint density at radius 1 is 1.08 bits per heavy atom. The van der Waals surface area contributed by atoms with E-state index in [2.05, 4.69) is 4.98 Å². The molecule has 2 aromatic heterocycles. The summed E-state index contributed by atoms with van der Waals surface area (Å²) < 4.78 is 46.6. The highest BCUT2D eigenvalue weighted by molar-refractivity contribution is 7.86. The Morgan fingerprint density at radius 2 is 1.84 bits per heavy atom.